The van der Waals surface area contributed by atoms with Gasteiger partial charge in [0.1, 0.15) is 11.2 Å². The van der Waals surface area contributed by atoms with Crippen LogP contribution in [-0.2, 0) is 19.1 Å². The zero-order valence-corrected chi connectivity index (χ0v) is 12.6. The van der Waals surface area contributed by atoms with Gasteiger partial charge in [-0.1, -0.05) is 0 Å². The van der Waals surface area contributed by atoms with Crippen molar-refractivity contribution < 1.29 is 19.1 Å². The van der Waals surface area contributed by atoms with Crippen LogP contribution in [0.25, 0.3) is 0 Å². The lowest BCUT2D eigenvalue weighted by Crippen LogP contribution is -2.60. The molecule has 0 N–H and O–H groups in total. The van der Waals surface area contributed by atoms with Gasteiger partial charge in [-0.2, -0.15) is 0 Å². The molecule has 4 fully saturated rings. The summed E-state index contributed by atoms with van der Waals surface area (Å²) in [5, 5.41) is 0. The number of rotatable bonds is 3. The van der Waals surface area contributed by atoms with Gasteiger partial charge in [0.25, 0.3) is 6.47 Å². The Hall–Kier alpha value is -1.06. The second-order valence-corrected chi connectivity index (χ2v) is 8.14. The van der Waals surface area contributed by atoms with E-state index in [2.05, 4.69) is 0 Å². The van der Waals surface area contributed by atoms with Crippen LogP contribution in [0.3, 0.4) is 0 Å². The van der Waals surface area contributed by atoms with Crippen LogP contribution in [-0.4, -0.2) is 23.6 Å². The summed E-state index contributed by atoms with van der Waals surface area (Å²) in [7, 11) is 0. The Morgan fingerprint density at radius 2 is 1.75 bits per heavy atom. The van der Waals surface area contributed by atoms with Crippen molar-refractivity contribution in [3.05, 3.63) is 0 Å². The molecule has 2 atom stereocenters. The Morgan fingerprint density at radius 3 is 2.25 bits per heavy atom. The fourth-order valence-corrected chi connectivity index (χ4v) is 5.04. The van der Waals surface area contributed by atoms with E-state index < -0.39 is 16.6 Å². The van der Waals surface area contributed by atoms with Crippen molar-refractivity contribution in [2.24, 2.45) is 17.3 Å². The minimum atomic E-state index is -0.459. The van der Waals surface area contributed by atoms with Gasteiger partial charge in [-0.3, -0.25) is 9.59 Å². The van der Waals surface area contributed by atoms with E-state index in [9.17, 15) is 9.59 Å². The van der Waals surface area contributed by atoms with Crippen molar-refractivity contribution in [1.82, 2.24) is 0 Å². The minimum absolute atomic E-state index is 0.0852. The van der Waals surface area contributed by atoms with Gasteiger partial charge in [0.2, 0.25) is 0 Å². The highest BCUT2D eigenvalue weighted by atomic mass is 16.6. The van der Waals surface area contributed by atoms with Crippen LogP contribution in [0.2, 0.25) is 0 Å². The summed E-state index contributed by atoms with van der Waals surface area (Å²) in [4.78, 5) is 23.5. The number of carbonyl (C=O) groups excluding carboxylic acids is 2. The molecule has 4 heteroatoms. The molecule has 0 spiro atoms. The Labute approximate surface area is 120 Å². The van der Waals surface area contributed by atoms with Crippen molar-refractivity contribution in [2.75, 3.05) is 0 Å². The molecule has 2 unspecified atom stereocenters. The summed E-state index contributed by atoms with van der Waals surface area (Å²) in [5.74, 6) is 0.922. The Morgan fingerprint density at radius 1 is 1.15 bits per heavy atom. The molecule has 4 aliphatic rings. The quantitative estimate of drug-likeness (QED) is 0.589. The zero-order valence-electron chi connectivity index (χ0n) is 12.6. The molecule has 4 nitrogen and oxygen atoms in total. The Kier molecular flexibility index (Phi) is 2.93. The molecular formula is C16H24O4. The van der Waals surface area contributed by atoms with E-state index in [0.717, 1.165) is 25.7 Å². The van der Waals surface area contributed by atoms with Crippen LogP contribution in [0, 0.1) is 17.3 Å². The zero-order chi connectivity index (χ0) is 14.6. The van der Waals surface area contributed by atoms with E-state index in [-0.39, 0.29) is 5.97 Å². The summed E-state index contributed by atoms with van der Waals surface area (Å²) in [6, 6.07) is 0. The lowest BCUT2D eigenvalue weighted by atomic mass is 9.48. The third-order valence-electron chi connectivity index (χ3n) is 5.14. The SMILES string of the molecule is CC(C)(C)OC(=O)C12CC3CC(CC(OC=O)(C3)C1)C2. The molecule has 0 heterocycles. The molecule has 4 rings (SSSR count). The predicted octanol–water partition coefficient (Wildman–Crippen LogP) is 2.84. The van der Waals surface area contributed by atoms with Crippen LogP contribution >= 0.6 is 0 Å². The fraction of sp³-hybridized carbons (Fsp3) is 0.875. The van der Waals surface area contributed by atoms with Crippen LogP contribution in [0.4, 0.5) is 0 Å². The van der Waals surface area contributed by atoms with E-state index in [1.54, 1.807) is 0 Å². The largest absolute Gasteiger partial charge is 0.461 e. The highest BCUT2D eigenvalue weighted by Crippen LogP contribution is 2.63. The summed E-state index contributed by atoms with van der Waals surface area (Å²) in [6.45, 7) is 6.28. The molecule has 0 radical (unpaired) electrons. The van der Waals surface area contributed by atoms with Crippen LogP contribution in [0.1, 0.15) is 59.3 Å². The second-order valence-electron chi connectivity index (χ2n) is 8.14. The third-order valence-corrected chi connectivity index (χ3v) is 5.14. The molecule has 4 saturated carbocycles. The van der Waals surface area contributed by atoms with Crippen molar-refractivity contribution in [3.8, 4) is 0 Å². The monoisotopic (exact) mass is 280 g/mol. The van der Waals surface area contributed by atoms with Gasteiger partial charge < -0.3 is 9.47 Å². The smallest absolute Gasteiger partial charge is 0.312 e. The van der Waals surface area contributed by atoms with Gasteiger partial charge in [0, 0.05) is 6.42 Å². The van der Waals surface area contributed by atoms with Gasteiger partial charge >= 0.3 is 5.97 Å². The third kappa shape index (κ3) is 2.23. The lowest BCUT2D eigenvalue weighted by Gasteiger charge is -2.59. The average Bonchev–Trinajstić information content (AvgIpc) is 2.24. The molecule has 20 heavy (non-hydrogen) atoms. The van der Waals surface area contributed by atoms with E-state index in [4.69, 9.17) is 9.47 Å². The molecular weight excluding hydrogens is 256 g/mol. The molecule has 0 aromatic heterocycles. The number of carbonyl (C=O) groups is 2. The first kappa shape index (κ1) is 13.9. The van der Waals surface area contributed by atoms with Crippen LogP contribution in [0.15, 0.2) is 0 Å². The van der Waals surface area contributed by atoms with Gasteiger partial charge in [-0.25, -0.2) is 0 Å². The number of hydrogen-bond acceptors (Lipinski definition) is 4. The molecule has 0 aromatic rings. The maximum Gasteiger partial charge on any atom is 0.312 e. The average molecular weight is 280 g/mol. The van der Waals surface area contributed by atoms with E-state index >= 15 is 0 Å². The van der Waals surface area contributed by atoms with E-state index in [1.165, 1.54) is 6.42 Å². The topological polar surface area (TPSA) is 52.6 Å². The first-order chi connectivity index (χ1) is 9.26. The maximum absolute atomic E-state index is 12.7. The molecule has 0 saturated heterocycles. The maximum atomic E-state index is 12.7. The standard InChI is InChI=1S/C16H24O4/c1-14(2,3)20-13(18)15-5-11-4-12(6-15)8-16(7-11,9-15)19-10-17/h10-12H,4-9H2,1-3H3. The molecule has 0 amide bonds. The first-order valence-electron chi connectivity index (χ1n) is 7.61. The first-order valence-corrected chi connectivity index (χ1v) is 7.61. The summed E-state index contributed by atoms with van der Waals surface area (Å²) in [5.41, 5.74) is -1.28. The highest BCUT2D eigenvalue weighted by molar-refractivity contribution is 5.78. The van der Waals surface area contributed by atoms with Crippen molar-refractivity contribution >= 4 is 12.4 Å². The van der Waals surface area contributed by atoms with Gasteiger partial charge in [-0.05, 0) is 64.7 Å². The van der Waals surface area contributed by atoms with Crippen molar-refractivity contribution in [3.63, 3.8) is 0 Å². The van der Waals surface area contributed by atoms with Gasteiger partial charge in [0.15, 0.2) is 0 Å². The van der Waals surface area contributed by atoms with E-state index in [0.29, 0.717) is 24.7 Å². The number of esters is 1. The summed E-state index contributed by atoms with van der Waals surface area (Å²) < 4.78 is 11.1. The van der Waals surface area contributed by atoms with E-state index in [1.807, 2.05) is 20.8 Å². The van der Waals surface area contributed by atoms with Crippen molar-refractivity contribution in [1.29, 1.82) is 0 Å². The second kappa shape index (κ2) is 4.22. The molecule has 4 bridgehead atoms. The number of ether oxygens (including phenoxy) is 2. The molecule has 4 aliphatic carbocycles. The number of hydrogen-bond donors (Lipinski definition) is 0. The lowest BCUT2D eigenvalue weighted by molar-refractivity contribution is -0.211. The summed E-state index contributed by atoms with van der Waals surface area (Å²) in [6.07, 6.45) is 5.49. The van der Waals surface area contributed by atoms with Gasteiger partial charge in [-0.15, -0.1) is 0 Å². The Bertz CT molecular complexity index is 420. The van der Waals surface area contributed by atoms with Crippen LogP contribution < -0.4 is 0 Å². The minimum Gasteiger partial charge on any atom is -0.461 e. The highest BCUT2D eigenvalue weighted by Gasteiger charge is 2.62. The van der Waals surface area contributed by atoms with Crippen molar-refractivity contribution in [2.45, 2.75) is 70.5 Å². The van der Waals surface area contributed by atoms with Crippen LogP contribution in [0.5, 0.6) is 0 Å². The fourth-order valence-electron chi connectivity index (χ4n) is 5.04. The molecule has 0 aromatic carbocycles. The van der Waals surface area contributed by atoms with Gasteiger partial charge in [0.05, 0.1) is 5.41 Å². The Balaban J connectivity index is 1.86. The normalized spacial score (nSPS) is 42.4. The summed E-state index contributed by atoms with van der Waals surface area (Å²) >= 11 is 0. The molecule has 0 aliphatic heterocycles. The molecule has 112 valence electrons. The predicted molar refractivity (Wildman–Crippen MR) is 72.8 cm³/mol.